The normalized spacial score (nSPS) is 13.7. The number of amidine groups is 1. The molecular weight excluding hydrogens is 465 g/mol. The molecule has 2 aromatic heterocycles. The highest BCUT2D eigenvalue weighted by Gasteiger charge is 2.29. The van der Waals surface area contributed by atoms with Crippen LogP contribution in [0.1, 0.15) is 11.3 Å². The second-order valence-corrected chi connectivity index (χ2v) is 7.09. The lowest BCUT2D eigenvalue weighted by Crippen LogP contribution is -2.30. The molecule has 0 N–H and O–H groups in total. The lowest BCUT2D eigenvalue weighted by Gasteiger charge is -2.18. The van der Waals surface area contributed by atoms with Gasteiger partial charge in [-0.1, -0.05) is 23.7 Å². The van der Waals surface area contributed by atoms with Gasteiger partial charge in [0.15, 0.2) is 11.6 Å². The van der Waals surface area contributed by atoms with Gasteiger partial charge in [-0.25, -0.2) is 13.8 Å². The topological polar surface area (TPSA) is 84.8 Å². The fourth-order valence-electron chi connectivity index (χ4n) is 3.20. The summed E-state index contributed by atoms with van der Waals surface area (Å²) in [4.78, 5) is 21.3. The molecule has 0 saturated heterocycles. The first kappa shape index (κ1) is 23.4. The van der Waals surface area contributed by atoms with E-state index in [0.717, 1.165) is 11.6 Å². The molecule has 1 aromatic carbocycles. The summed E-state index contributed by atoms with van der Waals surface area (Å²) in [6.45, 7) is 1.27. The number of nitrogens with zero attached hydrogens (tertiary/aromatic N) is 4. The Labute approximate surface area is 192 Å². The van der Waals surface area contributed by atoms with Crippen LogP contribution in [0, 0.1) is 21.7 Å². The number of furan rings is 1. The highest BCUT2D eigenvalue weighted by molar-refractivity contribution is 6.29. The Morgan fingerprint density at radius 1 is 1.25 bits per heavy atom. The van der Waals surface area contributed by atoms with Gasteiger partial charge in [-0.2, -0.15) is 0 Å². The van der Waals surface area contributed by atoms with Crippen LogP contribution < -0.4 is 0 Å². The zero-order chi connectivity index (χ0) is 22.0. The minimum Gasteiger partial charge on any atom is -0.456 e. The summed E-state index contributed by atoms with van der Waals surface area (Å²) >= 11 is 5.80. The monoisotopic (exact) mass is 480 g/mol. The average molecular weight is 481 g/mol. The molecule has 3 aromatic rings. The van der Waals surface area contributed by atoms with Gasteiger partial charge in [0.2, 0.25) is 5.84 Å². The number of hydrogen-bond acceptors (Lipinski definition) is 6. The summed E-state index contributed by atoms with van der Waals surface area (Å²) in [7, 11) is 0. The number of halogens is 4. The molecule has 0 aliphatic carbocycles. The fourth-order valence-corrected chi connectivity index (χ4v) is 3.31. The largest absolute Gasteiger partial charge is 0.456 e. The van der Waals surface area contributed by atoms with E-state index < -0.39 is 16.6 Å². The second kappa shape index (κ2) is 9.88. The summed E-state index contributed by atoms with van der Waals surface area (Å²) < 4.78 is 33.0. The van der Waals surface area contributed by atoms with E-state index in [1.807, 2.05) is 0 Å². The lowest BCUT2D eigenvalue weighted by atomic mass is 10.1. The van der Waals surface area contributed by atoms with Crippen molar-refractivity contribution in [2.24, 2.45) is 4.99 Å². The first-order valence-corrected chi connectivity index (χ1v) is 9.60. The van der Waals surface area contributed by atoms with Crippen LogP contribution in [-0.4, -0.2) is 33.7 Å². The van der Waals surface area contributed by atoms with Crippen molar-refractivity contribution in [3.8, 4) is 11.3 Å². The smallest absolute Gasteiger partial charge is 0.314 e. The third-order valence-corrected chi connectivity index (χ3v) is 4.87. The minimum absolute atomic E-state index is 0. The third-order valence-electron chi connectivity index (χ3n) is 4.64. The summed E-state index contributed by atoms with van der Waals surface area (Å²) in [5.41, 5.74) is 0.487. The molecule has 11 heteroatoms. The highest BCUT2D eigenvalue weighted by Crippen LogP contribution is 2.28. The Bertz CT molecular complexity index is 1200. The van der Waals surface area contributed by atoms with E-state index >= 15 is 0 Å². The van der Waals surface area contributed by atoms with Gasteiger partial charge < -0.3 is 9.32 Å². The summed E-state index contributed by atoms with van der Waals surface area (Å²) in [6, 6.07) is 10.0. The number of aromatic nitrogens is 1. The maximum absolute atomic E-state index is 14.0. The van der Waals surface area contributed by atoms with Gasteiger partial charge in [0.1, 0.15) is 16.7 Å². The molecule has 1 aliphatic rings. The van der Waals surface area contributed by atoms with E-state index in [-0.39, 0.29) is 41.0 Å². The Balaban J connectivity index is 0.00000289. The standard InChI is InChI=1S/C21H15ClF2N4O3.ClH/c22-19-7-4-13(11-26-19)12-27-9-8-25-21(27)17(28(29)30)10-14-5-6-18(31-14)15-2-1-3-16(23)20(15)24;/h1-7,10-11H,8-9,12H2;1H/b17-10+;. The van der Waals surface area contributed by atoms with Gasteiger partial charge in [-0.3, -0.25) is 15.1 Å². The van der Waals surface area contributed by atoms with Gasteiger partial charge in [0.05, 0.1) is 23.1 Å². The average Bonchev–Trinajstić information content (AvgIpc) is 3.39. The molecule has 0 atom stereocenters. The number of hydrogen-bond donors (Lipinski definition) is 0. The lowest BCUT2D eigenvalue weighted by molar-refractivity contribution is -0.414. The Morgan fingerprint density at radius 2 is 2.06 bits per heavy atom. The first-order valence-electron chi connectivity index (χ1n) is 9.23. The van der Waals surface area contributed by atoms with Crippen molar-refractivity contribution in [1.82, 2.24) is 9.88 Å². The summed E-state index contributed by atoms with van der Waals surface area (Å²) in [5.74, 6) is -1.68. The van der Waals surface area contributed by atoms with Crippen LogP contribution in [0.2, 0.25) is 5.15 Å². The predicted molar refractivity (Wildman–Crippen MR) is 118 cm³/mol. The molecule has 0 spiro atoms. The summed E-state index contributed by atoms with van der Waals surface area (Å²) in [6.07, 6.45) is 2.82. The molecule has 0 bridgehead atoms. The van der Waals surface area contributed by atoms with Crippen molar-refractivity contribution in [2.75, 3.05) is 13.1 Å². The SMILES string of the molecule is Cl.O=[N+]([O-])/C(=C/c1ccc(-c2cccc(F)c2F)o1)C1=NCCN1Cc1ccc(Cl)nc1. The van der Waals surface area contributed by atoms with Crippen LogP contribution in [0.15, 0.2) is 63.8 Å². The van der Waals surface area contributed by atoms with Crippen LogP contribution >= 0.6 is 24.0 Å². The Kier molecular flexibility index (Phi) is 7.22. The summed E-state index contributed by atoms with van der Waals surface area (Å²) in [5, 5.41) is 12.1. The molecule has 0 saturated carbocycles. The van der Waals surface area contributed by atoms with Crippen molar-refractivity contribution in [3.63, 3.8) is 0 Å². The fraction of sp³-hybridized carbons (Fsp3) is 0.143. The van der Waals surface area contributed by atoms with Gasteiger partial charge in [0, 0.05) is 19.3 Å². The van der Waals surface area contributed by atoms with Crippen molar-refractivity contribution >= 4 is 35.9 Å². The molecule has 7 nitrogen and oxygen atoms in total. The maximum Gasteiger partial charge on any atom is 0.314 e. The van der Waals surface area contributed by atoms with E-state index in [4.69, 9.17) is 16.0 Å². The Hall–Kier alpha value is -3.30. The number of nitro groups is 1. The Morgan fingerprint density at radius 3 is 2.78 bits per heavy atom. The van der Waals surface area contributed by atoms with Gasteiger partial charge >= 0.3 is 5.70 Å². The van der Waals surface area contributed by atoms with Crippen LogP contribution in [0.3, 0.4) is 0 Å². The number of benzene rings is 1. The van der Waals surface area contributed by atoms with E-state index in [9.17, 15) is 18.9 Å². The van der Waals surface area contributed by atoms with Crippen molar-refractivity contribution in [3.05, 3.63) is 92.6 Å². The zero-order valence-electron chi connectivity index (χ0n) is 16.4. The van der Waals surface area contributed by atoms with E-state index in [1.165, 1.54) is 30.3 Å². The molecule has 0 fully saturated rings. The molecular formula is C21H16Cl2F2N4O3. The van der Waals surface area contributed by atoms with Crippen LogP contribution in [-0.2, 0) is 6.54 Å². The molecule has 0 radical (unpaired) electrons. The second-order valence-electron chi connectivity index (χ2n) is 6.71. The molecule has 4 rings (SSSR count). The van der Waals surface area contributed by atoms with Crippen LogP contribution in [0.5, 0.6) is 0 Å². The van der Waals surface area contributed by atoms with Crippen molar-refractivity contribution < 1.29 is 18.1 Å². The molecule has 32 heavy (non-hydrogen) atoms. The molecule has 1 aliphatic heterocycles. The number of rotatable bonds is 6. The van der Waals surface area contributed by atoms with Gasteiger partial charge in [-0.05, 0) is 35.9 Å². The number of aliphatic imine (C=N–C) groups is 1. The first-order chi connectivity index (χ1) is 14.9. The van der Waals surface area contributed by atoms with Gasteiger partial charge in [0.25, 0.3) is 0 Å². The van der Waals surface area contributed by atoms with E-state index in [1.54, 1.807) is 23.2 Å². The van der Waals surface area contributed by atoms with Crippen LogP contribution in [0.25, 0.3) is 17.4 Å². The maximum atomic E-state index is 14.0. The van der Waals surface area contributed by atoms with Gasteiger partial charge in [-0.15, -0.1) is 12.4 Å². The molecule has 0 unspecified atom stereocenters. The zero-order valence-corrected chi connectivity index (χ0v) is 17.9. The van der Waals surface area contributed by atoms with E-state index in [2.05, 4.69) is 9.98 Å². The minimum atomic E-state index is -1.05. The van der Waals surface area contributed by atoms with Crippen molar-refractivity contribution in [2.45, 2.75) is 6.54 Å². The van der Waals surface area contributed by atoms with Crippen LogP contribution in [0.4, 0.5) is 8.78 Å². The van der Waals surface area contributed by atoms with E-state index in [0.29, 0.717) is 24.8 Å². The van der Waals surface area contributed by atoms with Crippen molar-refractivity contribution in [1.29, 1.82) is 0 Å². The number of pyridine rings is 1. The molecule has 166 valence electrons. The molecule has 3 heterocycles. The quantitative estimate of drug-likeness (QED) is 0.274. The predicted octanol–water partition coefficient (Wildman–Crippen LogP) is 5.23. The molecule has 0 amide bonds. The third kappa shape index (κ3) is 4.95. The highest BCUT2D eigenvalue weighted by atomic mass is 35.5.